The molecule has 0 bridgehead atoms. The smallest absolute Gasteiger partial charge is 0.252 e. The SMILES string of the molecule is COC1(C(=O)NCCN2CCc3sccc3C2)CCNCC1. The molecule has 1 saturated heterocycles. The summed E-state index contributed by atoms with van der Waals surface area (Å²) in [6.07, 6.45) is 2.63. The number of carbonyl (C=O) groups is 1. The van der Waals surface area contributed by atoms with Crippen LogP contribution in [0, 0.1) is 0 Å². The standard InChI is InChI=1S/C16H25N3O2S/c1-21-16(4-6-17-7-5-16)15(20)18-8-10-19-9-2-14-13(12-19)3-11-22-14/h3,11,17H,2,4-10,12H2,1H3,(H,18,20). The van der Waals surface area contributed by atoms with Gasteiger partial charge in [0.2, 0.25) is 0 Å². The van der Waals surface area contributed by atoms with Crippen LogP contribution >= 0.6 is 11.3 Å². The second-order valence-electron chi connectivity index (χ2n) is 6.10. The summed E-state index contributed by atoms with van der Waals surface area (Å²) in [4.78, 5) is 16.4. The minimum atomic E-state index is -0.631. The van der Waals surface area contributed by atoms with E-state index in [-0.39, 0.29) is 5.91 Å². The van der Waals surface area contributed by atoms with Crippen LogP contribution in [0.4, 0.5) is 0 Å². The number of amides is 1. The summed E-state index contributed by atoms with van der Waals surface area (Å²) in [7, 11) is 1.65. The van der Waals surface area contributed by atoms with Crippen molar-refractivity contribution in [2.75, 3.05) is 39.8 Å². The molecule has 1 amide bonds. The molecule has 5 nitrogen and oxygen atoms in total. The fraction of sp³-hybridized carbons (Fsp3) is 0.688. The Morgan fingerprint density at radius 2 is 2.32 bits per heavy atom. The summed E-state index contributed by atoms with van der Waals surface area (Å²) in [6.45, 7) is 5.37. The lowest BCUT2D eigenvalue weighted by atomic mass is 9.91. The number of piperidine rings is 1. The molecule has 0 radical (unpaired) electrons. The number of methoxy groups -OCH3 is 1. The number of hydrogen-bond donors (Lipinski definition) is 2. The lowest BCUT2D eigenvalue weighted by Gasteiger charge is -2.35. The Morgan fingerprint density at radius 1 is 1.50 bits per heavy atom. The molecule has 0 aliphatic carbocycles. The van der Waals surface area contributed by atoms with Crippen molar-refractivity contribution in [3.8, 4) is 0 Å². The predicted molar refractivity (Wildman–Crippen MR) is 88.2 cm³/mol. The number of nitrogens with one attached hydrogen (secondary N) is 2. The van der Waals surface area contributed by atoms with Crippen molar-refractivity contribution in [3.63, 3.8) is 0 Å². The molecular weight excluding hydrogens is 298 g/mol. The first-order chi connectivity index (χ1) is 10.7. The predicted octanol–water partition coefficient (Wildman–Crippen LogP) is 0.991. The van der Waals surface area contributed by atoms with Crippen LogP contribution in [0.15, 0.2) is 11.4 Å². The molecular formula is C16H25N3O2S. The van der Waals surface area contributed by atoms with Gasteiger partial charge in [-0.25, -0.2) is 0 Å². The number of nitrogens with zero attached hydrogens (tertiary/aromatic N) is 1. The van der Waals surface area contributed by atoms with E-state index in [9.17, 15) is 4.79 Å². The largest absolute Gasteiger partial charge is 0.368 e. The van der Waals surface area contributed by atoms with Crippen LogP contribution in [0.1, 0.15) is 23.3 Å². The second-order valence-corrected chi connectivity index (χ2v) is 7.10. The average Bonchev–Trinajstić information content (AvgIpc) is 3.03. The molecule has 0 saturated carbocycles. The van der Waals surface area contributed by atoms with Gasteiger partial charge in [-0.2, -0.15) is 0 Å². The van der Waals surface area contributed by atoms with E-state index < -0.39 is 5.60 Å². The molecule has 2 aliphatic rings. The highest BCUT2D eigenvalue weighted by atomic mass is 32.1. The molecule has 2 aliphatic heterocycles. The van der Waals surface area contributed by atoms with Gasteiger partial charge in [0.1, 0.15) is 5.60 Å². The highest BCUT2D eigenvalue weighted by molar-refractivity contribution is 7.10. The first-order valence-corrected chi connectivity index (χ1v) is 8.93. The maximum atomic E-state index is 12.5. The van der Waals surface area contributed by atoms with E-state index in [1.54, 1.807) is 7.11 Å². The molecule has 3 rings (SSSR count). The van der Waals surface area contributed by atoms with Crippen molar-refractivity contribution in [2.24, 2.45) is 0 Å². The quantitative estimate of drug-likeness (QED) is 0.848. The number of fused-ring (bicyclic) bond motifs is 1. The summed E-state index contributed by atoms with van der Waals surface area (Å²) < 4.78 is 5.55. The third-order valence-electron chi connectivity index (χ3n) is 4.82. The zero-order chi connectivity index (χ0) is 15.4. The fourth-order valence-corrected chi connectivity index (χ4v) is 4.23. The summed E-state index contributed by atoms with van der Waals surface area (Å²) in [5.74, 6) is 0.0460. The van der Waals surface area contributed by atoms with E-state index in [4.69, 9.17) is 4.74 Å². The maximum absolute atomic E-state index is 12.5. The van der Waals surface area contributed by atoms with Gasteiger partial charge in [-0.05, 0) is 49.4 Å². The zero-order valence-electron chi connectivity index (χ0n) is 13.2. The summed E-state index contributed by atoms with van der Waals surface area (Å²) in [6, 6.07) is 2.22. The number of thiophene rings is 1. The molecule has 0 atom stereocenters. The van der Waals surface area contributed by atoms with Crippen LogP contribution in [0.3, 0.4) is 0 Å². The Labute approximate surface area is 136 Å². The average molecular weight is 323 g/mol. The summed E-state index contributed by atoms with van der Waals surface area (Å²) in [5.41, 5.74) is 0.822. The van der Waals surface area contributed by atoms with Crippen LogP contribution in [-0.2, 0) is 22.5 Å². The zero-order valence-corrected chi connectivity index (χ0v) is 14.0. The number of carbonyl (C=O) groups excluding carboxylic acids is 1. The normalized spacial score (nSPS) is 21.3. The number of hydrogen-bond acceptors (Lipinski definition) is 5. The van der Waals surface area contributed by atoms with E-state index in [0.717, 1.165) is 52.0 Å². The van der Waals surface area contributed by atoms with Crippen LogP contribution in [0.25, 0.3) is 0 Å². The van der Waals surface area contributed by atoms with Gasteiger partial charge in [-0.1, -0.05) is 0 Å². The highest BCUT2D eigenvalue weighted by Gasteiger charge is 2.39. The molecule has 1 fully saturated rings. The van der Waals surface area contributed by atoms with Crippen molar-refractivity contribution >= 4 is 17.2 Å². The fourth-order valence-electron chi connectivity index (χ4n) is 3.34. The molecule has 0 spiro atoms. The van der Waals surface area contributed by atoms with Crippen molar-refractivity contribution in [3.05, 3.63) is 21.9 Å². The van der Waals surface area contributed by atoms with Gasteiger partial charge in [-0.3, -0.25) is 9.69 Å². The van der Waals surface area contributed by atoms with E-state index in [1.807, 2.05) is 11.3 Å². The molecule has 2 N–H and O–H groups in total. The molecule has 3 heterocycles. The van der Waals surface area contributed by atoms with Crippen molar-refractivity contribution < 1.29 is 9.53 Å². The second kappa shape index (κ2) is 7.08. The Bertz CT molecular complexity index is 511. The van der Waals surface area contributed by atoms with Gasteiger partial charge in [0.05, 0.1) is 0 Å². The van der Waals surface area contributed by atoms with Crippen LogP contribution in [-0.4, -0.2) is 56.2 Å². The topological polar surface area (TPSA) is 53.6 Å². The first-order valence-electron chi connectivity index (χ1n) is 8.05. The maximum Gasteiger partial charge on any atom is 0.252 e. The molecule has 22 heavy (non-hydrogen) atoms. The van der Waals surface area contributed by atoms with Gasteiger partial charge in [0.15, 0.2) is 0 Å². The summed E-state index contributed by atoms with van der Waals surface area (Å²) >= 11 is 1.86. The molecule has 1 aromatic heterocycles. The third kappa shape index (κ3) is 3.35. The van der Waals surface area contributed by atoms with Crippen LogP contribution < -0.4 is 10.6 Å². The lowest BCUT2D eigenvalue weighted by molar-refractivity contribution is -0.146. The van der Waals surface area contributed by atoms with E-state index in [1.165, 1.54) is 10.4 Å². The van der Waals surface area contributed by atoms with Crippen molar-refractivity contribution in [1.29, 1.82) is 0 Å². The minimum Gasteiger partial charge on any atom is -0.368 e. The first kappa shape index (κ1) is 15.9. The molecule has 122 valence electrons. The number of rotatable bonds is 5. The Morgan fingerprint density at radius 3 is 3.09 bits per heavy atom. The van der Waals surface area contributed by atoms with Crippen LogP contribution in [0.5, 0.6) is 0 Å². The monoisotopic (exact) mass is 323 g/mol. The lowest BCUT2D eigenvalue weighted by Crippen LogP contribution is -2.55. The van der Waals surface area contributed by atoms with Gasteiger partial charge in [0.25, 0.3) is 5.91 Å². The summed E-state index contributed by atoms with van der Waals surface area (Å²) in [5, 5.41) is 8.53. The Balaban J connectivity index is 1.46. The Kier molecular flexibility index (Phi) is 5.13. The molecule has 1 aromatic rings. The minimum absolute atomic E-state index is 0.0460. The van der Waals surface area contributed by atoms with Crippen LogP contribution in [0.2, 0.25) is 0 Å². The number of ether oxygens (including phenoxy) is 1. The molecule has 0 unspecified atom stereocenters. The van der Waals surface area contributed by atoms with Gasteiger partial charge in [-0.15, -0.1) is 11.3 Å². The van der Waals surface area contributed by atoms with E-state index >= 15 is 0 Å². The van der Waals surface area contributed by atoms with Gasteiger partial charge < -0.3 is 15.4 Å². The van der Waals surface area contributed by atoms with Crippen molar-refractivity contribution in [2.45, 2.75) is 31.4 Å². The highest BCUT2D eigenvalue weighted by Crippen LogP contribution is 2.24. The Hall–Kier alpha value is -0.950. The van der Waals surface area contributed by atoms with Gasteiger partial charge in [0, 0.05) is 38.2 Å². The van der Waals surface area contributed by atoms with E-state index in [0.29, 0.717) is 6.54 Å². The molecule has 0 aromatic carbocycles. The molecule has 6 heteroatoms. The van der Waals surface area contributed by atoms with Gasteiger partial charge >= 0.3 is 0 Å². The van der Waals surface area contributed by atoms with Crippen molar-refractivity contribution in [1.82, 2.24) is 15.5 Å². The van der Waals surface area contributed by atoms with E-state index in [2.05, 4.69) is 27.0 Å². The third-order valence-corrected chi connectivity index (χ3v) is 5.84.